The van der Waals surface area contributed by atoms with Crippen molar-refractivity contribution in [2.75, 3.05) is 11.9 Å². The van der Waals surface area contributed by atoms with E-state index >= 15 is 0 Å². The summed E-state index contributed by atoms with van der Waals surface area (Å²) in [7, 11) is 0. The van der Waals surface area contributed by atoms with Crippen LogP contribution in [0.3, 0.4) is 0 Å². The minimum atomic E-state index is -0.330. The van der Waals surface area contributed by atoms with Gasteiger partial charge in [0.25, 0.3) is 0 Å². The molecule has 0 atom stereocenters. The molecule has 3 nitrogen and oxygen atoms in total. The van der Waals surface area contributed by atoms with Gasteiger partial charge in [0.2, 0.25) is 0 Å². The van der Waals surface area contributed by atoms with Crippen LogP contribution in [0.2, 0.25) is 0 Å². The number of fused-ring (bicyclic) bond motifs is 1. The van der Waals surface area contributed by atoms with Crippen molar-refractivity contribution in [1.29, 1.82) is 0 Å². The average Bonchev–Trinajstić information content (AvgIpc) is 2.35. The lowest BCUT2D eigenvalue weighted by Crippen LogP contribution is -1.98. The maximum atomic E-state index is 11.0. The molecule has 4 heteroatoms. The average molecular weight is 297 g/mol. The van der Waals surface area contributed by atoms with Crippen LogP contribution in [0.25, 0.3) is 11.0 Å². The monoisotopic (exact) mass is 296 g/mol. The van der Waals surface area contributed by atoms with Crippen molar-refractivity contribution in [1.82, 2.24) is 0 Å². The van der Waals surface area contributed by atoms with Gasteiger partial charge in [0.15, 0.2) is 0 Å². The molecule has 1 aromatic carbocycles. The molecule has 0 unspecified atom stereocenters. The van der Waals surface area contributed by atoms with Crippen molar-refractivity contribution in [3.8, 4) is 5.75 Å². The molecule has 0 amide bonds. The Bertz CT molecular complexity index is 548. The van der Waals surface area contributed by atoms with Crippen molar-refractivity contribution in [2.24, 2.45) is 0 Å². The van der Waals surface area contributed by atoms with E-state index in [4.69, 9.17) is 9.15 Å². The van der Waals surface area contributed by atoms with Crippen molar-refractivity contribution in [3.63, 3.8) is 0 Å². The Labute approximate surface area is 108 Å². The summed E-state index contributed by atoms with van der Waals surface area (Å²) in [6, 6.07) is 8.62. The number of ether oxygens (including phenoxy) is 1. The van der Waals surface area contributed by atoms with E-state index in [0.717, 1.165) is 29.3 Å². The fraction of sp³-hybridized carbons (Fsp3) is 0.308. The first kappa shape index (κ1) is 12.2. The van der Waals surface area contributed by atoms with Gasteiger partial charge in [0.1, 0.15) is 11.3 Å². The number of unbranched alkanes of at least 4 members (excludes halogenated alkanes) is 1. The minimum Gasteiger partial charge on any atom is -0.494 e. The van der Waals surface area contributed by atoms with Gasteiger partial charge in [-0.15, -0.1) is 0 Å². The molecule has 0 spiro atoms. The van der Waals surface area contributed by atoms with Gasteiger partial charge >= 0.3 is 5.63 Å². The number of hydrogen-bond acceptors (Lipinski definition) is 3. The van der Waals surface area contributed by atoms with Crippen LogP contribution in [0.5, 0.6) is 5.75 Å². The first-order valence-corrected chi connectivity index (χ1v) is 6.64. The highest BCUT2D eigenvalue weighted by Gasteiger charge is 1.99. The van der Waals surface area contributed by atoms with Crippen molar-refractivity contribution < 1.29 is 9.15 Å². The van der Waals surface area contributed by atoms with E-state index in [9.17, 15) is 4.79 Å². The fourth-order valence-electron chi connectivity index (χ4n) is 1.53. The summed E-state index contributed by atoms with van der Waals surface area (Å²) < 4.78 is 10.6. The molecule has 0 bridgehead atoms. The molecule has 0 fully saturated rings. The molecule has 0 aliphatic carbocycles. The summed E-state index contributed by atoms with van der Waals surface area (Å²) in [5, 5.41) is 1.88. The van der Waals surface area contributed by atoms with Crippen LogP contribution in [0.1, 0.15) is 12.8 Å². The van der Waals surface area contributed by atoms with Gasteiger partial charge in [-0.1, -0.05) is 15.9 Å². The van der Waals surface area contributed by atoms with E-state index in [2.05, 4.69) is 15.9 Å². The molecule has 2 rings (SSSR count). The predicted octanol–water partition coefficient (Wildman–Crippen LogP) is 3.35. The fourth-order valence-corrected chi connectivity index (χ4v) is 1.92. The molecule has 2 aromatic rings. The summed E-state index contributed by atoms with van der Waals surface area (Å²) in [6.45, 7) is 0.702. The van der Waals surface area contributed by atoms with Crippen molar-refractivity contribution in [2.45, 2.75) is 12.8 Å². The zero-order valence-corrected chi connectivity index (χ0v) is 10.9. The SMILES string of the molecule is O=c1ccc2cc(OCCCCBr)ccc2o1. The van der Waals surface area contributed by atoms with E-state index in [1.54, 1.807) is 12.1 Å². The highest BCUT2D eigenvalue weighted by molar-refractivity contribution is 9.09. The summed E-state index contributed by atoms with van der Waals surface area (Å²) in [6.07, 6.45) is 2.12. The molecule has 1 aromatic heterocycles. The lowest BCUT2D eigenvalue weighted by molar-refractivity contribution is 0.310. The van der Waals surface area contributed by atoms with Gasteiger partial charge in [0, 0.05) is 16.8 Å². The highest BCUT2D eigenvalue weighted by atomic mass is 79.9. The number of benzene rings is 1. The predicted molar refractivity (Wildman–Crippen MR) is 71.0 cm³/mol. The zero-order valence-electron chi connectivity index (χ0n) is 9.32. The van der Waals surface area contributed by atoms with Gasteiger partial charge in [0.05, 0.1) is 6.61 Å². The van der Waals surface area contributed by atoms with Crippen LogP contribution in [-0.2, 0) is 0 Å². The Kier molecular flexibility index (Phi) is 4.20. The molecular formula is C13H13BrO3. The summed E-state index contributed by atoms with van der Waals surface area (Å²) in [5.41, 5.74) is 0.258. The van der Waals surface area contributed by atoms with E-state index in [-0.39, 0.29) is 5.63 Å². The van der Waals surface area contributed by atoms with Gasteiger partial charge in [-0.05, 0) is 37.1 Å². The van der Waals surface area contributed by atoms with Gasteiger partial charge < -0.3 is 9.15 Å². The van der Waals surface area contributed by atoms with E-state index < -0.39 is 0 Å². The van der Waals surface area contributed by atoms with Crippen molar-refractivity contribution >= 4 is 26.9 Å². The van der Waals surface area contributed by atoms with Crippen LogP contribution >= 0.6 is 15.9 Å². The molecule has 0 radical (unpaired) electrons. The van der Waals surface area contributed by atoms with Crippen LogP contribution in [0.15, 0.2) is 39.5 Å². The Hall–Kier alpha value is -1.29. The Morgan fingerprint density at radius 2 is 2.06 bits per heavy atom. The summed E-state index contributed by atoms with van der Waals surface area (Å²) in [4.78, 5) is 11.0. The minimum absolute atomic E-state index is 0.330. The lowest BCUT2D eigenvalue weighted by atomic mass is 10.2. The Balaban J connectivity index is 2.09. The maximum Gasteiger partial charge on any atom is 0.336 e. The first-order chi connectivity index (χ1) is 8.29. The molecule has 0 saturated carbocycles. The van der Waals surface area contributed by atoms with Crippen LogP contribution in [-0.4, -0.2) is 11.9 Å². The second-order valence-electron chi connectivity index (χ2n) is 3.70. The molecule has 1 heterocycles. The first-order valence-electron chi connectivity index (χ1n) is 5.52. The topological polar surface area (TPSA) is 39.4 Å². The van der Waals surface area contributed by atoms with Crippen LogP contribution < -0.4 is 10.4 Å². The second kappa shape index (κ2) is 5.87. The molecule has 17 heavy (non-hydrogen) atoms. The molecule has 90 valence electrons. The summed E-state index contributed by atoms with van der Waals surface area (Å²) >= 11 is 3.38. The third-order valence-corrected chi connectivity index (χ3v) is 2.95. The van der Waals surface area contributed by atoms with Gasteiger partial charge in [-0.2, -0.15) is 0 Å². The second-order valence-corrected chi connectivity index (χ2v) is 4.49. The summed E-state index contributed by atoms with van der Waals surface area (Å²) in [5.74, 6) is 0.806. The lowest BCUT2D eigenvalue weighted by Gasteiger charge is -2.05. The standard InChI is InChI=1S/C13H13BrO3/c14-7-1-2-8-16-11-4-5-12-10(9-11)3-6-13(15)17-12/h3-6,9H,1-2,7-8H2. The Morgan fingerprint density at radius 1 is 1.18 bits per heavy atom. The van der Waals surface area contributed by atoms with E-state index in [0.29, 0.717) is 12.2 Å². The van der Waals surface area contributed by atoms with Crippen LogP contribution in [0, 0.1) is 0 Å². The third-order valence-electron chi connectivity index (χ3n) is 2.39. The van der Waals surface area contributed by atoms with E-state index in [1.807, 2.05) is 12.1 Å². The van der Waals surface area contributed by atoms with E-state index in [1.165, 1.54) is 6.07 Å². The van der Waals surface area contributed by atoms with Crippen LogP contribution in [0.4, 0.5) is 0 Å². The number of hydrogen-bond donors (Lipinski definition) is 0. The quantitative estimate of drug-likeness (QED) is 0.482. The zero-order chi connectivity index (χ0) is 12.1. The smallest absolute Gasteiger partial charge is 0.336 e. The third kappa shape index (κ3) is 3.33. The number of halogens is 1. The van der Waals surface area contributed by atoms with Gasteiger partial charge in [-0.3, -0.25) is 0 Å². The van der Waals surface area contributed by atoms with Gasteiger partial charge in [-0.25, -0.2) is 4.79 Å². The molecule has 0 aliphatic rings. The maximum absolute atomic E-state index is 11.0. The molecule has 0 saturated heterocycles. The molecular weight excluding hydrogens is 284 g/mol. The highest BCUT2D eigenvalue weighted by Crippen LogP contribution is 2.19. The normalized spacial score (nSPS) is 10.6. The number of alkyl halides is 1. The molecule has 0 N–H and O–H groups in total. The largest absolute Gasteiger partial charge is 0.494 e. The number of rotatable bonds is 5. The molecule has 0 aliphatic heterocycles. The Morgan fingerprint density at radius 3 is 2.88 bits per heavy atom. The van der Waals surface area contributed by atoms with Crippen molar-refractivity contribution in [3.05, 3.63) is 40.8 Å².